The summed E-state index contributed by atoms with van der Waals surface area (Å²) in [7, 11) is 1.42. The van der Waals surface area contributed by atoms with Crippen LogP contribution in [0, 0.1) is 0 Å². The molecule has 16 heavy (non-hydrogen) atoms. The van der Waals surface area contributed by atoms with Gasteiger partial charge in [-0.3, -0.25) is 9.59 Å². The Bertz CT molecular complexity index is 290. The van der Waals surface area contributed by atoms with E-state index in [-0.39, 0.29) is 12.5 Å². The summed E-state index contributed by atoms with van der Waals surface area (Å²) in [5.41, 5.74) is 0. The van der Waals surface area contributed by atoms with Crippen molar-refractivity contribution < 1.29 is 24.6 Å². The molecular formula is C9H16N2O5. The largest absolute Gasteiger partial charge is 0.480 e. The number of nitrogens with one attached hydrogen (secondary N) is 1. The minimum absolute atomic E-state index is 0.244. The smallest absolute Gasteiger partial charge is 0.328 e. The molecule has 0 saturated heterocycles. The van der Waals surface area contributed by atoms with Gasteiger partial charge in [-0.15, -0.1) is 0 Å². The predicted molar refractivity (Wildman–Crippen MR) is 54.6 cm³/mol. The summed E-state index contributed by atoms with van der Waals surface area (Å²) in [5, 5.41) is 19.9. The first-order valence-electron chi connectivity index (χ1n) is 4.67. The molecule has 0 radical (unpaired) electrons. The summed E-state index contributed by atoms with van der Waals surface area (Å²) < 4.78 is 0. The molecule has 0 spiro atoms. The van der Waals surface area contributed by atoms with E-state index in [4.69, 9.17) is 10.2 Å². The van der Waals surface area contributed by atoms with Crippen LogP contribution in [0.1, 0.15) is 13.8 Å². The topological polar surface area (TPSA) is 107 Å². The standard InChI is InChI=1S/C9H16N2O5/c1-5(12)8(9(15)16)10-7(14)4-11(3)6(2)13/h5,8,12H,4H2,1-3H3,(H,10,14)(H,15,16)/t5-,8+/m1/s1. The number of carboxylic acids is 1. The molecule has 0 aromatic rings. The molecule has 2 amide bonds. The molecule has 0 bridgehead atoms. The number of rotatable bonds is 5. The normalized spacial score (nSPS) is 13.8. The second kappa shape index (κ2) is 6.06. The Kier molecular flexibility index (Phi) is 5.44. The zero-order valence-corrected chi connectivity index (χ0v) is 9.43. The van der Waals surface area contributed by atoms with E-state index < -0.39 is 24.0 Å². The number of aliphatic hydroxyl groups is 1. The zero-order chi connectivity index (χ0) is 12.9. The zero-order valence-electron chi connectivity index (χ0n) is 9.43. The van der Waals surface area contributed by atoms with Gasteiger partial charge in [0.05, 0.1) is 12.6 Å². The number of aliphatic hydroxyl groups excluding tert-OH is 1. The molecular weight excluding hydrogens is 216 g/mol. The van der Waals surface area contributed by atoms with Crippen LogP contribution in [0.4, 0.5) is 0 Å². The molecule has 0 aliphatic carbocycles. The second-order valence-electron chi connectivity index (χ2n) is 3.50. The Morgan fingerprint density at radius 1 is 1.38 bits per heavy atom. The molecule has 0 rings (SSSR count). The second-order valence-corrected chi connectivity index (χ2v) is 3.50. The fourth-order valence-corrected chi connectivity index (χ4v) is 0.935. The molecule has 92 valence electrons. The third-order valence-electron chi connectivity index (χ3n) is 1.98. The van der Waals surface area contributed by atoms with Crippen molar-refractivity contribution in [3.05, 3.63) is 0 Å². The average Bonchev–Trinajstić information content (AvgIpc) is 2.12. The monoisotopic (exact) mass is 232 g/mol. The highest BCUT2D eigenvalue weighted by Gasteiger charge is 2.25. The van der Waals surface area contributed by atoms with E-state index in [1.165, 1.54) is 20.9 Å². The van der Waals surface area contributed by atoms with Crippen LogP contribution in [0.25, 0.3) is 0 Å². The number of hydrogen-bond donors (Lipinski definition) is 3. The van der Waals surface area contributed by atoms with Crippen LogP contribution in [-0.4, -0.2) is 58.6 Å². The number of likely N-dealkylation sites (N-methyl/N-ethyl adjacent to an activating group) is 1. The van der Waals surface area contributed by atoms with Gasteiger partial charge in [0.15, 0.2) is 6.04 Å². The lowest BCUT2D eigenvalue weighted by Crippen LogP contribution is -2.50. The van der Waals surface area contributed by atoms with Gasteiger partial charge in [-0.05, 0) is 6.92 Å². The van der Waals surface area contributed by atoms with Gasteiger partial charge in [0.25, 0.3) is 0 Å². The van der Waals surface area contributed by atoms with E-state index in [2.05, 4.69) is 5.32 Å². The van der Waals surface area contributed by atoms with Crippen LogP contribution in [0.2, 0.25) is 0 Å². The molecule has 3 N–H and O–H groups in total. The minimum atomic E-state index is -1.37. The van der Waals surface area contributed by atoms with Gasteiger partial charge >= 0.3 is 5.97 Å². The predicted octanol–water partition coefficient (Wildman–Crippen LogP) is -1.59. The summed E-state index contributed by atoms with van der Waals surface area (Å²) in [6.07, 6.45) is -1.20. The van der Waals surface area contributed by atoms with Crippen molar-refractivity contribution in [1.82, 2.24) is 10.2 Å². The maximum Gasteiger partial charge on any atom is 0.328 e. The van der Waals surface area contributed by atoms with Gasteiger partial charge in [-0.25, -0.2) is 4.79 Å². The number of nitrogens with zero attached hydrogens (tertiary/aromatic N) is 1. The van der Waals surface area contributed by atoms with Crippen LogP contribution >= 0.6 is 0 Å². The van der Waals surface area contributed by atoms with Crippen molar-refractivity contribution in [3.63, 3.8) is 0 Å². The van der Waals surface area contributed by atoms with Gasteiger partial charge in [0, 0.05) is 14.0 Å². The van der Waals surface area contributed by atoms with E-state index in [1.54, 1.807) is 0 Å². The number of amides is 2. The number of carbonyl (C=O) groups is 3. The highest BCUT2D eigenvalue weighted by atomic mass is 16.4. The van der Waals surface area contributed by atoms with E-state index >= 15 is 0 Å². The lowest BCUT2D eigenvalue weighted by atomic mass is 10.2. The Labute approximate surface area is 93.0 Å². The summed E-state index contributed by atoms with van der Waals surface area (Å²) in [5.74, 6) is -2.26. The number of carboxylic acid groups (broad SMARTS) is 1. The van der Waals surface area contributed by atoms with Crippen molar-refractivity contribution in [2.75, 3.05) is 13.6 Å². The van der Waals surface area contributed by atoms with Gasteiger partial charge in [0.1, 0.15) is 0 Å². The van der Waals surface area contributed by atoms with Crippen LogP contribution in [0.3, 0.4) is 0 Å². The fourth-order valence-electron chi connectivity index (χ4n) is 0.935. The molecule has 7 heteroatoms. The quantitative estimate of drug-likeness (QED) is 0.530. The highest BCUT2D eigenvalue weighted by molar-refractivity contribution is 5.87. The first-order chi connectivity index (χ1) is 7.25. The fraction of sp³-hybridized carbons (Fsp3) is 0.667. The van der Waals surface area contributed by atoms with E-state index in [9.17, 15) is 14.4 Å². The third kappa shape index (κ3) is 4.74. The molecule has 0 aromatic carbocycles. The number of aliphatic carboxylic acids is 1. The van der Waals surface area contributed by atoms with Crippen LogP contribution < -0.4 is 5.32 Å². The lowest BCUT2D eigenvalue weighted by molar-refractivity contribution is -0.145. The maximum absolute atomic E-state index is 11.3. The van der Waals surface area contributed by atoms with Crippen molar-refractivity contribution in [3.8, 4) is 0 Å². The van der Waals surface area contributed by atoms with Crippen molar-refractivity contribution in [2.45, 2.75) is 26.0 Å². The number of hydrogen-bond acceptors (Lipinski definition) is 4. The first kappa shape index (κ1) is 14.4. The molecule has 0 unspecified atom stereocenters. The Balaban J connectivity index is 4.31. The average molecular weight is 232 g/mol. The van der Waals surface area contributed by atoms with Crippen molar-refractivity contribution in [1.29, 1.82) is 0 Å². The Morgan fingerprint density at radius 3 is 2.19 bits per heavy atom. The summed E-state index contributed by atoms with van der Waals surface area (Å²) in [6, 6.07) is -1.37. The summed E-state index contributed by atoms with van der Waals surface area (Å²) in [6.45, 7) is 2.30. The van der Waals surface area contributed by atoms with Crippen molar-refractivity contribution >= 4 is 17.8 Å². The molecule has 0 saturated carbocycles. The Morgan fingerprint density at radius 2 is 1.88 bits per heavy atom. The van der Waals surface area contributed by atoms with E-state index in [0.29, 0.717) is 0 Å². The molecule has 0 aromatic heterocycles. The van der Waals surface area contributed by atoms with E-state index in [1.807, 2.05) is 0 Å². The number of carbonyl (C=O) groups excluding carboxylic acids is 2. The van der Waals surface area contributed by atoms with Gasteiger partial charge in [0.2, 0.25) is 11.8 Å². The van der Waals surface area contributed by atoms with E-state index in [0.717, 1.165) is 4.90 Å². The van der Waals surface area contributed by atoms with Crippen LogP contribution in [0.15, 0.2) is 0 Å². The summed E-state index contributed by atoms with van der Waals surface area (Å²) >= 11 is 0. The minimum Gasteiger partial charge on any atom is -0.480 e. The van der Waals surface area contributed by atoms with Crippen molar-refractivity contribution in [2.24, 2.45) is 0 Å². The molecule has 7 nitrogen and oxygen atoms in total. The van der Waals surface area contributed by atoms with Gasteiger partial charge in [-0.2, -0.15) is 0 Å². The molecule has 0 aliphatic rings. The SMILES string of the molecule is CC(=O)N(C)CC(=O)N[C@H](C(=O)O)[C@@H](C)O. The molecule has 2 atom stereocenters. The maximum atomic E-state index is 11.3. The first-order valence-corrected chi connectivity index (χ1v) is 4.67. The van der Waals surface area contributed by atoms with Crippen LogP contribution in [-0.2, 0) is 14.4 Å². The third-order valence-corrected chi connectivity index (χ3v) is 1.98. The Hall–Kier alpha value is -1.63. The van der Waals surface area contributed by atoms with Crippen LogP contribution in [0.5, 0.6) is 0 Å². The molecule has 0 fully saturated rings. The lowest BCUT2D eigenvalue weighted by Gasteiger charge is -2.19. The van der Waals surface area contributed by atoms with Gasteiger partial charge in [-0.1, -0.05) is 0 Å². The molecule has 0 aliphatic heterocycles. The molecule has 0 heterocycles. The summed E-state index contributed by atoms with van der Waals surface area (Å²) in [4.78, 5) is 33.9. The van der Waals surface area contributed by atoms with Gasteiger partial charge < -0.3 is 20.4 Å². The highest BCUT2D eigenvalue weighted by Crippen LogP contribution is 1.93.